The molecule has 2 aromatic rings. The van der Waals surface area contributed by atoms with E-state index >= 15 is 0 Å². The van der Waals surface area contributed by atoms with Crippen molar-refractivity contribution < 1.29 is 8.78 Å². The number of nitrogens with zero attached hydrogens (tertiary/aromatic N) is 1. The Balaban J connectivity index is 2.01. The van der Waals surface area contributed by atoms with Gasteiger partial charge >= 0.3 is 0 Å². The molecule has 3 rings (SSSR count). The number of hydrogen-bond acceptors (Lipinski definition) is 2. The predicted octanol–water partition coefficient (Wildman–Crippen LogP) is 3.68. The van der Waals surface area contributed by atoms with E-state index in [9.17, 15) is 8.78 Å². The number of benzene rings is 2. The fraction of sp³-hybridized carbons (Fsp3) is 0.250. The van der Waals surface area contributed by atoms with Gasteiger partial charge in [-0.05, 0) is 41.8 Å². The van der Waals surface area contributed by atoms with E-state index in [-0.39, 0.29) is 17.7 Å². The normalized spacial score (nSPS) is 15.1. The van der Waals surface area contributed by atoms with Crippen molar-refractivity contribution in [3.63, 3.8) is 0 Å². The van der Waals surface area contributed by atoms with Crippen LogP contribution in [0.25, 0.3) is 0 Å². The minimum Gasteiger partial charge on any atom is -0.363 e. The van der Waals surface area contributed by atoms with Crippen molar-refractivity contribution in [3.05, 3.63) is 64.2 Å². The fourth-order valence-electron chi connectivity index (χ4n) is 2.89. The van der Waals surface area contributed by atoms with Gasteiger partial charge in [-0.2, -0.15) is 0 Å². The Bertz CT molecular complexity index is 675. The van der Waals surface area contributed by atoms with Crippen LogP contribution in [-0.4, -0.2) is 13.1 Å². The highest BCUT2D eigenvalue weighted by Gasteiger charge is 2.28. The Hall–Kier alpha value is -1.65. The molecule has 2 aromatic carbocycles. The van der Waals surface area contributed by atoms with E-state index in [2.05, 4.69) is 0 Å². The summed E-state index contributed by atoms with van der Waals surface area (Å²) in [6.45, 7) is 1.07. The van der Waals surface area contributed by atoms with E-state index < -0.39 is 0 Å². The van der Waals surface area contributed by atoms with Gasteiger partial charge in [-0.25, -0.2) is 8.78 Å². The van der Waals surface area contributed by atoms with Crippen LogP contribution in [0.1, 0.15) is 17.2 Å². The molecule has 0 spiro atoms. The minimum absolute atomic E-state index is 0.193. The lowest BCUT2D eigenvalue weighted by Crippen LogP contribution is -2.32. The van der Waals surface area contributed by atoms with Crippen molar-refractivity contribution in [2.45, 2.75) is 12.5 Å². The Morgan fingerprint density at radius 2 is 1.86 bits per heavy atom. The lowest BCUT2D eigenvalue weighted by Gasteiger charge is -2.30. The van der Waals surface area contributed by atoms with Crippen molar-refractivity contribution in [3.8, 4) is 0 Å². The van der Waals surface area contributed by atoms with E-state index in [1.165, 1.54) is 24.3 Å². The smallest absolute Gasteiger partial charge is 0.125 e. The van der Waals surface area contributed by atoms with Gasteiger partial charge in [0.2, 0.25) is 0 Å². The summed E-state index contributed by atoms with van der Waals surface area (Å²) in [6.07, 6.45) is 0.838. The highest BCUT2D eigenvalue weighted by atomic mass is 35.5. The molecule has 1 aliphatic heterocycles. The zero-order chi connectivity index (χ0) is 15.0. The highest BCUT2D eigenvalue weighted by molar-refractivity contribution is 6.31. The number of nitrogens with two attached hydrogens (primary N) is 1. The van der Waals surface area contributed by atoms with Gasteiger partial charge in [0.25, 0.3) is 0 Å². The molecule has 1 atom stereocenters. The first kappa shape index (κ1) is 14.3. The summed E-state index contributed by atoms with van der Waals surface area (Å²) in [5.41, 5.74) is 8.59. The lowest BCUT2D eigenvalue weighted by atomic mass is 10.0. The molecule has 1 unspecified atom stereocenters. The maximum absolute atomic E-state index is 13.5. The molecule has 0 bridgehead atoms. The maximum atomic E-state index is 13.5. The fourth-order valence-corrected chi connectivity index (χ4v) is 3.19. The van der Waals surface area contributed by atoms with E-state index in [1.54, 1.807) is 12.1 Å². The van der Waals surface area contributed by atoms with Crippen molar-refractivity contribution >= 4 is 17.3 Å². The Labute approximate surface area is 127 Å². The van der Waals surface area contributed by atoms with Crippen LogP contribution in [0.4, 0.5) is 14.5 Å². The minimum atomic E-state index is -0.382. The van der Waals surface area contributed by atoms with Crippen LogP contribution in [0.5, 0.6) is 0 Å². The second-order valence-corrected chi connectivity index (χ2v) is 5.54. The number of anilines is 1. The summed E-state index contributed by atoms with van der Waals surface area (Å²) >= 11 is 6.14. The second-order valence-electron chi connectivity index (χ2n) is 5.13. The van der Waals surface area contributed by atoms with Crippen molar-refractivity contribution in [1.29, 1.82) is 0 Å². The molecule has 0 fully saturated rings. The molecule has 1 aliphatic rings. The van der Waals surface area contributed by atoms with Gasteiger partial charge in [0, 0.05) is 23.8 Å². The second kappa shape index (κ2) is 5.62. The molecule has 0 saturated carbocycles. The SMILES string of the molecule is NCC(c1ccc(F)cc1Cl)N1CCc2ccc(F)cc21. The zero-order valence-corrected chi connectivity index (χ0v) is 12.1. The molecule has 0 amide bonds. The van der Waals surface area contributed by atoms with E-state index in [1.807, 2.05) is 4.90 Å². The van der Waals surface area contributed by atoms with E-state index in [4.69, 9.17) is 17.3 Å². The van der Waals surface area contributed by atoms with Gasteiger partial charge in [-0.3, -0.25) is 0 Å². The van der Waals surface area contributed by atoms with Crippen LogP contribution >= 0.6 is 11.6 Å². The lowest BCUT2D eigenvalue weighted by molar-refractivity contribution is 0.615. The quantitative estimate of drug-likeness (QED) is 0.937. The van der Waals surface area contributed by atoms with Crippen LogP contribution in [-0.2, 0) is 6.42 Å². The highest BCUT2D eigenvalue weighted by Crippen LogP contribution is 2.37. The third-order valence-electron chi connectivity index (χ3n) is 3.90. The van der Waals surface area contributed by atoms with Gasteiger partial charge in [0.05, 0.1) is 6.04 Å². The van der Waals surface area contributed by atoms with Crippen LogP contribution < -0.4 is 10.6 Å². The number of fused-ring (bicyclic) bond motifs is 1. The van der Waals surface area contributed by atoms with Crippen LogP contribution in [0.2, 0.25) is 5.02 Å². The molecule has 0 aromatic heterocycles. The molecule has 21 heavy (non-hydrogen) atoms. The van der Waals surface area contributed by atoms with Crippen LogP contribution in [0, 0.1) is 11.6 Å². The first-order chi connectivity index (χ1) is 10.1. The summed E-state index contributed by atoms with van der Waals surface area (Å²) < 4.78 is 26.7. The maximum Gasteiger partial charge on any atom is 0.125 e. The Morgan fingerprint density at radius 3 is 2.57 bits per heavy atom. The van der Waals surface area contributed by atoms with Gasteiger partial charge in [-0.1, -0.05) is 23.7 Å². The molecule has 5 heteroatoms. The third-order valence-corrected chi connectivity index (χ3v) is 4.23. The molecule has 0 aliphatic carbocycles. The summed E-state index contributed by atoms with van der Waals surface area (Å²) in [6, 6.07) is 8.87. The summed E-state index contributed by atoms with van der Waals surface area (Å²) in [5, 5.41) is 0.343. The zero-order valence-electron chi connectivity index (χ0n) is 11.3. The monoisotopic (exact) mass is 308 g/mol. The summed E-state index contributed by atoms with van der Waals surface area (Å²) in [5.74, 6) is -0.658. The molecule has 0 saturated heterocycles. The van der Waals surface area contributed by atoms with Crippen molar-refractivity contribution in [1.82, 2.24) is 0 Å². The molecule has 2 N–H and O–H groups in total. The van der Waals surface area contributed by atoms with Gasteiger partial charge in [-0.15, -0.1) is 0 Å². The Kier molecular flexibility index (Phi) is 3.83. The molecular formula is C16H15ClF2N2. The summed E-state index contributed by atoms with van der Waals surface area (Å²) in [7, 11) is 0. The standard InChI is InChI=1S/C16H15ClF2N2/c17-14-7-11(18)3-4-13(14)16(9-20)21-6-5-10-1-2-12(19)8-15(10)21/h1-4,7-8,16H,5-6,9,20H2. The third kappa shape index (κ3) is 2.61. The average Bonchev–Trinajstić information content (AvgIpc) is 2.85. The first-order valence-electron chi connectivity index (χ1n) is 6.80. The molecular weight excluding hydrogens is 294 g/mol. The topological polar surface area (TPSA) is 29.3 Å². The number of halogens is 3. The number of hydrogen-bond donors (Lipinski definition) is 1. The van der Waals surface area contributed by atoms with Gasteiger partial charge in [0.15, 0.2) is 0 Å². The van der Waals surface area contributed by atoms with Crippen LogP contribution in [0.3, 0.4) is 0 Å². The number of rotatable bonds is 3. The largest absolute Gasteiger partial charge is 0.363 e. The summed E-state index contributed by atoms with van der Waals surface area (Å²) in [4.78, 5) is 2.04. The van der Waals surface area contributed by atoms with Gasteiger partial charge < -0.3 is 10.6 Å². The van der Waals surface area contributed by atoms with Crippen molar-refractivity contribution in [2.75, 3.05) is 18.0 Å². The molecule has 0 radical (unpaired) electrons. The van der Waals surface area contributed by atoms with Crippen LogP contribution in [0.15, 0.2) is 36.4 Å². The van der Waals surface area contributed by atoms with Crippen molar-refractivity contribution in [2.24, 2.45) is 5.73 Å². The van der Waals surface area contributed by atoms with Gasteiger partial charge in [0.1, 0.15) is 11.6 Å². The van der Waals surface area contributed by atoms with E-state index in [0.29, 0.717) is 11.6 Å². The van der Waals surface area contributed by atoms with E-state index in [0.717, 1.165) is 29.8 Å². The molecule has 2 nitrogen and oxygen atoms in total. The average molecular weight is 309 g/mol. The predicted molar refractivity (Wildman–Crippen MR) is 80.7 cm³/mol. The molecule has 1 heterocycles. The first-order valence-corrected chi connectivity index (χ1v) is 7.18. The Morgan fingerprint density at radius 1 is 1.14 bits per heavy atom. The molecule has 110 valence electrons.